The molecule has 0 bridgehead atoms. The summed E-state index contributed by atoms with van der Waals surface area (Å²) in [5.41, 5.74) is 1.96. The van der Waals surface area contributed by atoms with Crippen LogP contribution in [0.15, 0.2) is 24.3 Å². The van der Waals surface area contributed by atoms with E-state index in [4.69, 9.17) is 11.6 Å². The lowest BCUT2D eigenvalue weighted by molar-refractivity contribution is 0.111. The Labute approximate surface area is 117 Å². The van der Waals surface area contributed by atoms with Crippen LogP contribution in [0.5, 0.6) is 0 Å². The molecule has 0 atom stereocenters. The third kappa shape index (κ3) is 2.84. The van der Waals surface area contributed by atoms with Crippen LogP contribution in [-0.2, 0) is 12.0 Å². The number of carbonyl (C=O) groups excluding carboxylic acids is 1. The second-order valence-electron chi connectivity index (χ2n) is 5.44. The summed E-state index contributed by atoms with van der Waals surface area (Å²) in [6.07, 6.45) is 0.747. The average molecular weight is 278 g/mol. The van der Waals surface area contributed by atoms with Crippen LogP contribution in [0, 0.1) is 0 Å². The first-order chi connectivity index (χ1) is 8.93. The molecule has 19 heavy (non-hydrogen) atoms. The highest BCUT2D eigenvalue weighted by Crippen LogP contribution is 2.25. The molecule has 2 aromatic rings. The lowest BCUT2D eigenvalue weighted by Crippen LogP contribution is -2.20. The molecule has 0 saturated heterocycles. The summed E-state index contributed by atoms with van der Waals surface area (Å²) < 4.78 is 1.74. The molecule has 0 unspecified atom stereocenters. The second kappa shape index (κ2) is 5.13. The van der Waals surface area contributed by atoms with E-state index in [-0.39, 0.29) is 5.41 Å². The van der Waals surface area contributed by atoms with Gasteiger partial charge in [0.15, 0.2) is 6.29 Å². The van der Waals surface area contributed by atoms with Crippen molar-refractivity contribution in [3.05, 3.63) is 46.2 Å². The minimum absolute atomic E-state index is 0.207. The number of benzene rings is 1. The van der Waals surface area contributed by atoms with Gasteiger partial charge in [0.1, 0.15) is 5.69 Å². The zero-order valence-electron chi connectivity index (χ0n) is 11.2. The van der Waals surface area contributed by atoms with Gasteiger partial charge in [-0.3, -0.25) is 4.79 Å². The van der Waals surface area contributed by atoms with Crippen molar-refractivity contribution in [3.8, 4) is 0 Å². The molecule has 5 heteroatoms. The zero-order chi connectivity index (χ0) is 14.0. The molecule has 1 heterocycles. The molecule has 0 radical (unpaired) electrons. The largest absolute Gasteiger partial charge is 0.296 e. The standard InChI is InChI=1S/C14H16ClN3O/c1-14(2,3)13-12(9-19)16-17-18(13)8-10-6-4-5-7-11(10)15/h4-7,9H,8H2,1-3H3. The fourth-order valence-electron chi connectivity index (χ4n) is 2.08. The maximum absolute atomic E-state index is 11.1. The number of carbonyl (C=O) groups is 1. The Hall–Kier alpha value is -1.68. The summed E-state index contributed by atoms with van der Waals surface area (Å²) in [5.74, 6) is 0. The van der Waals surface area contributed by atoms with Gasteiger partial charge < -0.3 is 0 Å². The molecule has 0 amide bonds. The number of hydrogen-bond acceptors (Lipinski definition) is 3. The van der Waals surface area contributed by atoms with Gasteiger partial charge in [0.05, 0.1) is 12.2 Å². The van der Waals surface area contributed by atoms with Crippen molar-refractivity contribution < 1.29 is 4.79 Å². The van der Waals surface area contributed by atoms with Crippen molar-refractivity contribution in [3.63, 3.8) is 0 Å². The van der Waals surface area contributed by atoms with Crippen molar-refractivity contribution in [2.24, 2.45) is 0 Å². The first-order valence-electron chi connectivity index (χ1n) is 6.06. The number of nitrogens with zero attached hydrogens (tertiary/aromatic N) is 3. The highest BCUT2D eigenvalue weighted by Gasteiger charge is 2.25. The molecule has 0 aliphatic heterocycles. The molecule has 1 aromatic carbocycles. The van der Waals surface area contributed by atoms with Crippen molar-refractivity contribution >= 4 is 17.9 Å². The van der Waals surface area contributed by atoms with Gasteiger partial charge >= 0.3 is 0 Å². The van der Waals surface area contributed by atoms with Crippen molar-refractivity contribution in [2.45, 2.75) is 32.7 Å². The Morgan fingerprint density at radius 1 is 1.32 bits per heavy atom. The molecule has 100 valence electrons. The van der Waals surface area contributed by atoms with E-state index >= 15 is 0 Å². The highest BCUT2D eigenvalue weighted by atomic mass is 35.5. The van der Waals surface area contributed by atoms with E-state index in [1.54, 1.807) is 4.68 Å². The SMILES string of the molecule is CC(C)(C)c1c(C=O)nnn1Cc1ccccc1Cl. The monoisotopic (exact) mass is 277 g/mol. The Morgan fingerprint density at radius 2 is 2.00 bits per heavy atom. The lowest BCUT2D eigenvalue weighted by atomic mass is 9.90. The van der Waals surface area contributed by atoms with Gasteiger partial charge in [-0.1, -0.05) is 55.8 Å². The molecule has 0 saturated carbocycles. The Kier molecular flexibility index (Phi) is 3.71. The van der Waals surface area contributed by atoms with E-state index in [9.17, 15) is 4.79 Å². The first kappa shape index (κ1) is 13.7. The van der Waals surface area contributed by atoms with Crippen LogP contribution in [0.1, 0.15) is 42.5 Å². The van der Waals surface area contributed by atoms with E-state index in [2.05, 4.69) is 10.3 Å². The van der Waals surface area contributed by atoms with Crippen molar-refractivity contribution in [1.82, 2.24) is 15.0 Å². The van der Waals surface area contributed by atoms with Crippen LogP contribution in [0.4, 0.5) is 0 Å². The van der Waals surface area contributed by atoms with E-state index in [1.807, 2.05) is 45.0 Å². The van der Waals surface area contributed by atoms with E-state index < -0.39 is 0 Å². The maximum atomic E-state index is 11.1. The topological polar surface area (TPSA) is 47.8 Å². The lowest BCUT2D eigenvalue weighted by Gasteiger charge is -2.20. The normalized spacial score (nSPS) is 11.6. The van der Waals surface area contributed by atoms with Crippen LogP contribution in [0.3, 0.4) is 0 Å². The van der Waals surface area contributed by atoms with Gasteiger partial charge in [-0.05, 0) is 11.6 Å². The van der Waals surface area contributed by atoms with Crippen LogP contribution < -0.4 is 0 Å². The summed E-state index contributed by atoms with van der Waals surface area (Å²) >= 11 is 6.15. The smallest absolute Gasteiger partial charge is 0.172 e. The molecule has 2 rings (SSSR count). The number of halogens is 1. The summed E-state index contributed by atoms with van der Waals surface area (Å²) in [7, 11) is 0. The summed E-state index contributed by atoms with van der Waals surface area (Å²) in [4.78, 5) is 11.1. The molecule has 0 aliphatic carbocycles. The summed E-state index contributed by atoms with van der Waals surface area (Å²) in [5, 5.41) is 8.68. The highest BCUT2D eigenvalue weighted by molar-refractivity contribution is 6.31. The van der Waals surface area contributed by atoms with Gasteiger partial charge in [-0.2, -0.15) is 0 Å². The van der Waals surface area contributed by atoms with Gasteiger partial charge in [0.2, 0.25) is 0 Å². The number of aldehydes is 1. The Bertz CT molecular complexity index is 599. The van der Waals surface area contributed by atoms with Gasteiger partial charge in [-0.15, -0.1) is 5.10 Å². The number of rotatable bonds is 3. The van der Waals surface area contributed by atoms with Crippen LogP contribution in [-0.4, -0.2) is 21.3 Å². The quantitative estimate of drug-likeness (QED) is 0.810. The third-order valence-corrected chi connectivity index (χ3v) is 3.23. The van der Waals surface area contributed by atoms with E-state index in [0.717, 1.165) is 17.5 Å². The first-order valence-corrected chi connectivity index (χ1v) is 6.44. The summed E-state index contributed by atoms with van der Waals surface area (Å²) in [6.45, 7) is 6.60. The predicted octanol–water partition coefficient (Wildman–Crippen LogP) is 3.09. The van der Waals surface area contributed by atoms with Crippen LogP contribution in [0.25, 0.3) is 0 Å². The van der Waals surface area contributed by atoms with Crippen LogP contribution >= 0.6 is 11.6 Å². The van der Waals surface area contributed by atoms with E-state index in [0.29, 0.717) is 17.3 Å². The molecular weight excluding hydrogens is 262 g/mol. The maximum Gasteiger partial charge on any atom is 0.172 e. The van der Waals surface area contributed by atoms with Gasteiger partial charge in [-0.25, -0.2) is 4.68 Å². The minimum Gasteiger partial charge on any atom is -0.296 e. The molecular formula is C14H16ClN3O. The molecule has 1 aromatic heterocycles. The van der Waals surface area contributed by atoms with Gasteiger partial charge in [0, 0.05) is 10.4 Å². The van der Waals surface area contributed by atoms with Crippen LogP contribution in [0.2, 0.25) is 5.02 Å². The fourth-order valence-corrected chi connectivity index (χ4v) is 2.27. The minimum atomic E-state index is -0.207. The molecule has 0 spiro atoms. The molecule has 0 aliphatic rings. The fraction of sp³-hybridized carbons (Fsp3) is 0.357. The van der Waals surface area contributed by atoms with Gasteiger partial charge in [0.25, 0.3) is 0 Å². The average Bonchev–Trinajstić information content (AvgIpc) is 2.75. The third-order valence-electron chi connectivity index (χ3n) is 2.86. The molecule has 4 nitrogen and oxygen atoms in total. The molecule has 0 N–H and O–H groups in total. The zero-order valence-corrected chi connectivity index (χ0v) is 12.0. The van der Waals surface area contributed by atoms with Crippen molar-refractivity contribution in [1.29, 1.82) is 0 Å². The summed E-state index contributed by atoms with van der Waals surface area (Å²) in [6, 6.07) is 7.59. The Balaban J connectivity index is 2.44. The Morgan fingerprint density at radius 3 is 2.58 bits per heavy atom. The van der Waals surface area contributed by atoms with E-state index in [1.165, 1.54) is 0 Å². The van der Waals surface area contributed by atoms with Crippen molar-refractivity contribution in [2.75, 3.05) is 0 Å². The second-order valence-corrected chi connectivity index (χ2v) is 5.85. The number of aromatic nitrogens is 3. The predicted molar refractivity (Wildman–Crippen MR) is 74.7 cm³/mol. The molecule has 0 fully saturated rings. The number of hydrogen-bond donors (Lipinski definition) is 0.